The summed E-state index contributed by atoms with van der Waals surface area (Å²) in [6.07, 6.45) is 0.762. The number of nitrogens with two attached hydrogens (primary N) is 1. The molecule has 112 valence electrons. The average Bonchev–Trinajstić information content (AvgIpc) is 2.41. The van der Waals surface area contributed by atoms with Crippen molar-refractivity contribution in [3.63, 3.8) is 0 Å². The molecule has 0 bridgehead atoms. The zero-order chi connectivity index (χ0) is 15.0. The minimum atomic E-state index is -0.118. The van der Waals surface area contributed by atoms with Crippen LogP contribution >= 0.6 is 15.9 Å². The molecule has 1 aromatic carbocycles. The van der Waals surface area contributed by atoms with Gasteiger partial charge in [-0.2, -0.15) is 0 Å². The van der Waals surface area contributed by atoms with E-state index < -0.39 is 0 Å². The van der Waals surface area contributed by atoms with Gasteiger partial charge in [0.05, 0.1) is 13.2 Å². The van der Waals surface area contributed by atoms with Crippen molar-refractivity contribution < 1.29 is 14.3 Å². The minimum Gasteiger partial charge on any atom is -0.398 e. The van der Waals surface area contributed by atoms with Gasteiger partial charge in [0.25, 0.3) is 5.91 Å². The predicted octanol–water partition coefficient (Wildman–Crippen LogP) is 2.12. The molecule has 0 aliphatic rings. The molecule has 0 aliphatic carbocycles. The number of carbonyl (C=O) groups excluding carboxylic acids is 1. The summed E-state index contributed by atoms with van der Waals surface area (Å²) in [4.78, 5) is 12.1. The van der Waals surface area contributed by atoms with Gasteiger partial charge in [-0.05, 0) is 31.0 Å². The summed E-state index contributed by atoms with van der Waals surface area (Å²) in [6, 6.07) is 3.56. The van der Waals surface area contributed by atoms with Crippen LogP contribution in [0.25, 0.3) is 0 Å². The van der Waals surface area contributed by atoms with E-state index in [0.29, 0.717) is 37.6 Å². The largest absolute Gasteiger partial charge is 0.398 e. The summed E-state index contributed by atoms with van der Waals surface area (Å²) in [7, 11) is 1.63. The number of ether oxygens (including phenoxy) is 2. The lowest BCUT2D eigenvalue weighted by Crippen LogP contribution is -2.26. The number of amides is 1. The molecule has 0 heterocycles. The fourth-order valence-corrected chi connectivity index (χ4v) is 2.13. The van der Waals surface area contributed by atoms with Gasteiger partial charge < -0.3 is 20.5 Å². The lowest BCUT2D eigenvalue weighted by Gasteiger charge is -2.10. The van der Waals surface area contributed by atoms with Crippen molar-refractivity contribution >= 4 is 27.5 Å². The van der Waals surface area contributed by atoms with Crippen LogP contribution in [0.2, 0.25) is 0 Å². The Labute approximate surface area is 127 Å². The summed E-state index contributed by atoms with van der Waals surface area (Å²) >= 11 is 3.34. The van der Waals surface area contributed by atoms with Gasteiger partial charge in [0, 0.05) is 36.0 Å². The van der Waals surface area contributed by atoms with Crippen LogP contribution in [0.5, 0.6) is 0 Å². The molecular weight excluding hydrogens is 324 g/mol. The van der Waals surface area contributed by atoms with Crippen molar-refractivity contribution in [2.75, 3.05) is 39.2 Å². The molecule has 6 heteroatoms. The molecule has 5 nitrogen and oxygen atoms in total. The summed E-state index contributed by atoms with van der Waals surface area (Å²) in [5.74, 6) is -0.118. The second-order valence-electron chi connectivity index (χ2n) is 4.38. The number of hydrogen-bond acceptors (Lipinski definition) is 4. The molecule has 3 N–H and O–H groups in total. The van der Waals surface area contributed by atoms with Crippen molar-refractivity contribution in [3.05, 3.63) is 27.7 Å². The predicted molar refractivity (Wildman–Crippen MR) is 82.9 cm³/mol. The molecule has 1 aromatic rings. The summed E-state index contributed by atoms with van der Waals surface area (Å²) in [6.45, 7) is 4.17. The Bertz CT molecular complexity index is 452. The molecule has 0 radical (unpaired) electrons. The van der Waals surface area contributed by atoms with E-state index in [9.17, 15) is 4.79 Å². The van der Waals surface area contributed by atoms with E-state index in [0.717, 1.165) is 16.5 Å². The number of carbonyl (C=O) groups is 1. The van der Waals surface area contributed by atoms with Crippen molar-refractivity contribution in [1.82, 2.24) is 5.32 Å². The standard InChI is InChI=1S/C14H21BrN2O3/c1-10-12(8-11(15)9-13(10)16)14(18)17-4-3-5-20-7-6-19-2/h8-9H,3-7,16H2,1-2H3,(H,17,18). The molecule has 0 atom stereocenters. The van der Waals surface area contributed by atoms with Crippen LogP contribution in [0.1, 0.15) is 22.3 Å². The van der Waals surface area contributed by atoms with Gasteiger partial charge in [-0.1, -0.05) is 15.9 Å². The lowest BCUT2D eigenvalue weighted by molar-refractivity contribution is 0.0688. The zero-order valence-corrected chi connectivity index (χ0v) is 13.5. The molecule has 0 unspecified atom stereocenters. The number of benzene rings is 1. The van der Waals surface area contributed by atoms with Crippen molar-refractivity contribution in [2.45, 2.75) is 13.3 Å². The van der Waals surface area contributed by atoms with E-state index in [1.165, 1.54) is 0 Å². The fraction of sp³-hybridized carbons (Fsp3) is 0.500. The maximum atomic E-state index is 12.1. The van der Waals surface area contributed by atoms with Crippen molar-refractivity contribution in [1.29, 1.82) is 0 Å². The highest BCUT2D eigenvalue weighted by molar-refractivity contribution is 9.10. The average molecular weight is 345 g/mol. The normalized spacial score (nSPS) is 10.6. The highest BCUT2D eigenvalue weighted by atomic mass is 79.9. The Kier molecular flexibility index (Phi) is 7.58. The van der Waals surface area contributed by atoms with Gasteiger partial charge >= 0.3 is 0 Å². The first-order valence-electron chi connectivity index (χ1n) is 6.46. The van der Waals surface area contributed by atoms with Crippen LogP contribution < -0.4 is 11.1 Å². The van der Waals surface area contributed by atoms with Crippen LogP contribution in [0.3, 0.4) is 0 Å². The Morgan fingerprint density at radius 3 is 2.80 bits per heavy atom. The van der Waals surface area contributed by atoms with Crippen molar-refractivity contribution in [2.24, 2.45) is 0 Å². The monoisotopic (exact) mass is 344 g/mol. The zero-order valence-electron chi connectivity index (χ0n) is 11.9. The molecule has 0 spiro atoms. The first-order valence-corrected chi connectivity index (χ1v) is 7.26. The quantitative estimate of drug-likeness (QED) is 0.559. The van der Waals surface area contributed by atoms with Gasteiger partial charge in [0.1, 0.15) is 0 Å². The highest BCUT2D eigenvalue weighted by Gasteiger charge is 2.11. The van der Waals surface area contributed by atoms with Gasteiger partial charge in [0.2, 0.25) is 0 Å². The van der Waals surface area contributed by atoms with Crippen LogP contribution in [-0.2, 0) is 9.47 Å². The minimum absolute atomic E-state index is 0.118. The third-order valence-electron chi connectivity index (χ3n) is 2.84. The van der Waals surface area contributed by atoms with E-state index in [-0.39, 0.29) is 5.91 Å². The summed E-state index contributed by atoms with van der Waals surface area (Å²) in [5, 5.41) is 2.86. The van der Waals surface area contributed by atoms with Crippen LogP contribution in [0.4, 0.5) is 5.69 Å². The van der Waals surface area contributed by atoms with Crippen molar-refractivity contribution in [3.8, 4) is 0 Å². The third kappa shape index (κ3) is 5.48. The van der Waals surface area contributed by atoms with E-state index in [4.69, 9.17) is 15.2 Å². The first-order chi connectivity index (χ1) is 9.56. The number of nitrogen functional groups attached to an aromatic ring is 1. The number of nitrogens with one attached hydrogen (secondary N) is 1. The second-order valence-corrected chi connectivity index (χ2v) is 5.30. The molecule has 0 aromatic heterocycles. The molecule has 0 saturated heterocycles. The molecule has 0 saturated carbocycles. The van der Waals surface area contributed by atoms with Crippen LogP contribution in [-0.4, -0.2) is 39.4 Å². The second kappa shape index (κ2) is 8.94. The first kappa shape index (κ1) is 16.9. The maximum absolute atomic E-state index is 12.1. The van der Waals surface area contributed by atoms with E-state index in [1.807, 2.05) is 6.92 Å². The molecule has 20 heavy (non-hydrogen) atoms. The molecule has 1 amide bonds. The number of hydrogen-bond donors (Lipinski definition) is 2. The third-order valence-corrected chi connectivity index (χ3v) is 3.30. The number of halogens is 1. The number of anilines is 1. The number of rotatable bonds is 8. The van der Waals surface area contributed by atoms with Gasteiger partial charge in [-0.3, -0.25) is 4.79 Å². The molecule has 0 aliphatic heterocycles. The topological polar surface area (TPSA) is 73.6 Å². The lowest BCUT2D eigenvalue weighted by atomic mass is 10.1. The summed E-state index contributed by atoms with van der Waals surface area (Å²) < 4.78 is 11.0. The SMILES string of the molecule is COCCOCCCNC(=O)c1cc(Br)cc(N)c1C. The van der Waals surface area contributed by atoms with Crippen LogP contribution in [0, 0.1) is 6.92 Å². The Morgan fingerprint density at radius 1 is 1.35 bits per heavy atom. The highest BCUT2D eigenvalue weighted by Crippen LogP contribution is 2.22. The van der Waals surface area contributed by atoms with Gasteiger partial charge in [-0.15, -0.1) is 0 Å². The Balaban J connectivity index is 2.36. The fourth-order valence-electron chi connectivity index (χ4n) is 1.65. The Morgan fingerprint density at radius 2 is 2.10 bits per heavy atom. The molecule has 1 rings (SSSR count). The molecule has 0 fully saturated rings. The Hall–Kier alpha value is -1.11. The van der Waals surface area contributed by atoms with E-state index in [1.54, 1.807) is 19.2 Å². The maximum Gasteiger partial charge on any atom is 0.251 e. The van der Waals surface area contributed by atoms with E-state index in [2.05, 4.69) is 21.2 Å². The summed E-state index contributed by atoms with van der Waals surface area (Å²) in [5.41, 5.74) is 7.83. The van der Waals surface area contributed by atoms with Crippen LogP contribution in [0.15, 0.2) is 16.6 Å². The van der Waals surface area contributed by atoms with Gasteiger partial charge in [-0.25, -0.2) is 0 Å². The van der Waals surface area contributed by atoms with Gasteiger partial charge in [0.15, 0.2) is 0 Å². The number of methoxy groups -OCH3 is 1. The smallest absolute Gasteiger partial charge is 0.251 e. The van der Waals surface area contributed by atoms with E-state index >= 15 is 0 Å². The molecular formula is C14H21BrN2O3.